The van der Waals surface area contributed by atoms with Crippen molar-refractivity contribution in [2.24, 2.45) is 5.92 Å². The molecule has 2 atom stereocenters. The highest BCUT2D eigenvalue weighted by atomic mass is 16.2. The SMILES string of the molecule is CCn1cc(CN2CC3CCC(C2)N(Cc2ccccc2)C3=O)cn1. The Morgan fingerprint density at radius 2 is 1.92 bits per heavy atom. The summed E-state index contributed by atoms with van der Waals surface area (Å²) in [6.07, 6.45) is 6.23. The van der Waals surface area contributed by atoms with Crippen LogP contribution in [0.1, 0.15) is 30.9 Å². The third-order valence-corrected chi connectivity index (χ3v) is 5.48. The molecule has 5 nitrogen and oxygen atoms in total. The molecular formula is C20H26N4O. The average molecular weight is 338 g/mol. The normalized spacial score (nSPS) is 23.9. The van der Waals surface area contributed by atoms with E-state index in [9.17, 15) is 4.79 Å². The van der Waals surface area contributed by atoms with Gasteiger partial charge in [0.15, 0.2) is 0 Å². The lowest BCUT2D eigenvalue weighted by molar-refractivity contribution is -0.140. The summed E-state index contributed by atoms with van der Waals surface area (Å²) in [5, 5.41) is 4.38. The minimum absolute atomic E-state index is 0.142. The van der Waals surface area contributed by atoms with E-state index in [1.54, 1.807) is 0 Å². The molecule has 1 aromatic carbocycles. The molecule has 0 N–H and O–H groups in total. The number of benzene rings is 1. The number of hydrogen-bond acceptors (Lipinski definition) is 3. The maximum Gasteiger partial charge on any atom is 0.227 e. The molecule has 3 aliphatic heterocycles. The minimum atomic E-state index is 0.142. The van der Waals surface area contributed by atoms with Gasteiger partial charge in [0.1, 0.15) is 0 Å². The minimum Gasteiger partial charge on any atom is -0.334 e. The quantitative estimate of drug-likeness (QED) is 0.841. The van der Waals surface area contributed by atoms with E-state index in [1.165, 1.54) is 11.1 Å². The molecule has 2 aromatic rings. The zero-order chi connectivity index (χ0) is 17.2. The summed E-state index contributed by atoms with van der Waals surface area (Å²) in [4.78, 5) is 17.5. The Morgan fingerprint density at radius 3 is 2.68 bits per heavy atom. The van der Waals surface area contributed by atoms with Gasteiger partial charge >= 0.3 is 0 Å². The average Bonchev–Trinajstić information content (AvgIpc) is 2.93. The first-order valence-corrected chi connectivity index (χ1v) is 9.31. The van der Waals surface area contributed by atoms with E-state index in [1.807, 2.05) is 29.1 Å². The Kier molecular flexibility index (Phi) is 4.57. The molecule has 2 unspecified atom stereocenters. The predicted molar refractivity (Wildman–Crippen MR) is 96.7 cm³/mol. The van der Waals surface area contributed by atoms with Crippen molar-refractivity contribution in [1.82, 2.24) is 19.6 Å². The van der Waals surface area contributed by atoms with Crippen molar-refractivity contribution in [2.75, 3.05) is 13.1 Å². The van der Waals surface area contributed by atoms with Crippen LogP contribution in [-0.2, 0) is 24.4 Å². The van der Waals surface area contributed by atoms with Crippen molar-refractivity contribution < 1.29 is 4.79 Å². The molecule has 4 heterocycles. The molecule has 2 bridgehead atoms. The first-order valence-electron chi connectivity index (χ1n) is 9.31. The zero-order valence-electron chi connectivity index (χ0n) is 14.8. The number of rotatable bonds is 5. The van der Waals surface area contributed by atoms with Gasteiger partial charge in [0.2, 0.25) is 5.91 Å². The van der Waals surface area contributed by atoms with Crippen LogP contribution in [0.4, 0.5) is 0 Å². The summed E-state index contributed by atoms with van der Waals surface area (Å²) in [6, 6.07) is 10.7. The topological polar surface area (TPSA) is 41.4 Å². The molecule has 0 aliphatic carbocycles. The highest BCUT2D eigenvalue weighted by molar-refractivity contribution is 5.80. The number of hydrogen-bond donors (Lipinski definition) is 0. The first-order chi connectivity index (χ1) is 12.2. The molecule has 3 fully saturated rings. The van der Waals surface area contributed by atoms with Crippen LogP contribution >= 0.6 is 0 Å². The number of piperidine rings is 1. The number of aromatic nitrogens is 2. The van der Waals surface area contributed by atoms with E-state index in [4.69, 9.17) is 0 Å². The second kappa shape index (κ2) is 7.00. The van der Waals surface area contributed by atoms with E-state index in [0.717, 1.165) is 45.6 Å². The number of nitrogens with zero attached hydrogens (tertiary/aromatic N) is 4. The standard InChI is InChI=1S/C20H26N4O/c1-2-23-12-17(10-21-23)11-22-14-18-8-9-19(15-22)24(20(18)25)13-16-6-4-3-5-7-16/h3-7,10,12,18-19H,2,8-9,11,13-15H2,1H3. The molecule has 1 amide bonds. The van der Waals surface area contributed by atoms with Crippen molar-refractivity contribution in [2.45, 2.75) is 45.4 Å². The van der Waals surface area contributed by atoms with Gasteiger partial charge in [-0.3, -0.25) is 14.4 Å². The molecule has 3 saturated heterocycles. The van der Waals surface area contributed by atoms with Gasteiger partial charge in [-0.15, -0.1) is 0 Å². The van der Waals surface area contributed by atoms with Crippen LogP contribution in [0.5, 0.6) is 0 Å². The van der Waals surface area contributed by atoms with E-state index < -0.39 is 0 Å². The molecule has 1 aromatic heterocycles. The van der Waals surface area contributed by atoms with E-state index in [0.29, 0.717) is 11.9 Å². The zero-order valence-corrected chi connectivity index (χ0v) is 14.8. The fourth-order valence-electron chi connectivity index (χ4n) is 4.17. The number of carbonyl (C=O) groups excluding carboxylic acids is 1. The summed E-state index contributed by atoms with van der Waals surface area (Å²) in [5.41, 5.74) is 2.46. The van der Waals surface area contributed by atoms with Crippen LogP contribution in [0.15, 0.2) is 42.7 Å². The molecule has 5 rings (SSSR count). The van der Waals surface area contributed by atoms with Gasteiger partial charge < -0.3 is 4.90 Å². The summed E-state index contributed by atoms with van der Waals surface area (Å²) in [5.74, 6) is 0.482. The Bertz CT molecular complexity index is 726. The summed E-state index contributed by atoms with van der Waals surface area (Å²) in [6.45, 7) is 6.46. The molecule has 25 heavy (non-hydrogen) atoms. The molecule has 5 heteroatoms. The number of amides is 1. The van der Waals surface area contributed by atoms with E-state index in [-0.39, 0.29) is 5.92 Å². The molecule has 0 radical (unpaired) electrons. The second-order valence-electron chi connectivity index (χ2n) is 7.28. The van der Waals surface area contributed by atoms with Crippen LogP contribution in [0.2, 0.25) is 0 Å². The van der Waals surface area contributed by atoms with Gasteiger partial charge in [0.05, 0.1) is 12.1 Å². The Balaban J connectivity index is 1.48. The van der Waals surface area contributed by atoms with Crippen LogP contribution in [-0.4, -0.2) is 44.6 Å². The monoisotopic (exact) mass is 338 g/mol. The van der Waals surface area contributed by atoms with Gasteiger partial charge in [-0.2, -0.15) is 5.10 Å². The molecule has 0 spiro atoms. The second-order valence-corrected chi connectivity index (χ2v) is 7.28. The van der Waals surface area contributed by atoms with Crippen molar-refractivity contribution >= 4 is 5.91 Å². The van der Waals surface area contributed by atoms with Crippen molar-refractivity contribution in [3.8, 4) is 0 Å². The van der Waals surface area contributed by atoms with Gasteiger partial charge in [-0.05, 0) is 25.3 Å². The third kappa shape index (κ3) is 3.47. The lowest BCUT2D eigenvalue weighted by atomic mass is 9.93. The van der Waals surface area contributed by atoms with Crippen LogP contribution in [0.3, 0.4) is 0 Å². The van der Waals surface area contributed by atoms with Gasteiger partial charge in [0, 0.05) is 50.5 Å². The van der Waals surface area contributed by atoms with Crippen molar-refractivity contribution in [3.63, 3.8) is 0 Å². The first kappa shape index (κ1) is 16.3. The van der Waals surface area contributed by atoms with Gasteiger partial charge in [-0.25, -0.2) is 0 Å². The van der Waals surface area contributed by atoms with Crippen molar-refractivity contribution in [1.29, 1.82) is 0 Å². The molecule has 0 saturated carbocycles. The molecule has 3 aliphatic rings. The Labute approximate surface area is 149 Å². The van der Waals surface area contributed by atoms with E-state index in [2.05, 4.69) is 40.2 Å². The highest BCUT2D eigenvalue weighted by Crippen LogP contribution is 2.31. The summed E-state index contributed by atoms with van der Waals surface area (Å²) in [7, 11) is 0. The fourth-order valence-corrected chi connectivity index (χ4v) is 4.17. The summed E-state index contributed by atoms with van der Waals surface area (Å²) >= 11 is 0. The lowest BCUT2D eigenvalue weighted by Crippen LogP contribution is -2.47. The molecule has 132 valence electrons. The Hall–Kier alpha value is -2.14. The smallest absolute Gasteiger partial charge is 0.227 e. The lowest BCUT2D eigenvalue weighted by Gasteiger charge is -2.36. The Morgan fingerprint density at radius 1 is 1.08 bits per heavy atom. The van der Waals surface area contributed by atoms with Crippen LogP contribution < -0.4 is 0 Å². The van der Waals surface area contributed by atoms with Crippen LogP contribution in [0.25, 0.3) is 0 Å². The molecular weight excluding hydrogens is 312 g/mol. The summed E-state index contributed by atoms with van der Waals surface area (Å²) < 4.78 is 1.97. The number of carbonyl (C=O) groups is 1. The van der Waals surface area contributed by atoms with Crippen molar-refractivity contribution in [3.05, 3.63) is 53.9 Å². The fraction of sp³-hybridized carbons (Fsp3) is 0.500. The number of aryl methyl sites for hydroxylation is 1. The maximum atomic E-state index is 12.9. The predicted octanol–water partition coefficient (Wildman–Crippen LogP) is 2.53. The largest absolute Gasteiger partial charge is 0.334 e. The third-order valence-electron chi connectivity index (χ3n) is 5.48. The van der Waals surface area contributed by atoms with E-state index >= 15 is 0 Å². The highest BCUT2D eigenvalue weighted by Gasteiger charge is 2.40. The number of fused-ring (bicyclic) bond motifs is 4. The maximum absolute atomic E-state index is 12.9. The van der Waals surface area contributed by atoms with Gasteiger partial charge in [0.25, 0.3) is 0 Å². The van der Waals surface area contributed by atoms with Gasteiger partial charge in [-0.1, -0.05) is 30.3 Å². The van der Waals surface area contributed by atoms with Crippen LogP contribution in [0, 0.1) is 5.92 Å².